The minimum Gasteiger partial charge on any atom is -0.495 e. The number of methoxy groups -OCH3 is 1. The molecule has 2 rings (SSSR count). The summed E-state index contributed by atoms with van der Waals surface area (Å²) < 4.78 is 5.16. The van der Waals surface area contributed by atoms with Gasteiger partial charge in [-0.3, -0.25) is 4.79 Å². The van der Waals surface area contributed by atoms with Crippen molar-refractivity contribution >= 4 is 17.6 Å². The predicted octanol–water partition coefficient (Wildman–Crippen LogP) is 2.46. The molecule has 0 spiro atoms. The second kappa shape index (κ2) is 3.42. The Hall–Kier alpha value is -1.22. The van der Waals surface area contributed by atoms with Crippen molar-refractivity contribution in [3.05, 3.63) is 28.8 Å². The van der Waals surface area contributed by atoms with Gasteiger partial charge in [-0.15, -0.1) is 0 Å². The van der Waals surface area contributed by atoms with Crippen LogP contribution in [0.3, 0.4) is 0 Å². The number of carboxylic acids is 1. The molecule has 3 nitrogen and oxygen atoms in total. The molecule has 15 heavy (non-hydrogen) atoms. The molecule has 1 fully saturated rings. The Morgan fingerprint density at radius 3 is 2.67 bits per heavy atom. The minimum absolute atomic E-state index is 0.461. The third-order valence-electron chi connectivity index (χ3n) is 2.85. The van der Waals surface area contributed by atoms with Crippen molar-refractivity contribution in [2.45, 2.75) is 18.3 Å². The third kappa shape index (κ3) is 1.47. The first-order chi connectivity index (χ1) is 7.12. The zero-order valence-corrected chi connectivity index (χ0v) is 9.04. The number of para-hydroxylation sites is 1. The maximum atomic E-state index is 11.2. The lowest BCUT2D eigenvalue weighted by Crippen LogP contribution is -2.20. The van der Waals surface area contributed by atoms with Gasteiger partial charge in [-0.2, -0.15) is 0 Å². The Balaban J connectivity index is 2.53. The first kappa shape index (κ1) is 10.3. The number of rotatable bonds is 3. The Labute approximate surface area is 92.6 Å². The van der Waals surface area contributed by atoms with Gasteiger partial charge in [0.2, 0.25) is 0 Å². The molecule has 0 amide bonds. The lowest BCUT2D eigenvalue weighted by molar-refractivity contribution is -0.140. The highest BCUT2D eigenvalue weighted by Gasteiger charge is 2.53. The molecule has 0 atom stereocenters. The number of ether oxygens (including phenoxy) is 1. The highest BCUT2D eigenvalue weighted by molar-refractivity contribution is 6.32. The SMILES string of the molecule is COc1c(Cl)cccc1C1(C(=O)O)CC1. The molecule has 1 aliphatic carbocycles. The zero-order chi connectivity index (χ0) is 11.1. The fourth-order valence-electron chi connectivity index (χ4n) is 1.82. The van der Waals surface area contributed by atoms with Crippen molar-refractivity contribution in [1.82, 2.24) is 0 Å². The van der Waals surface area contributed by atoms with Crippen LogP contribution in [0.25, 0.3) is 0 Å². The van der Waals surface area contributed by atoms with E-state index in [1.807, 2.05) is 0 Å². The van der Waals surface area contributed by atoms with Crippen LogP contribution in [-0.2, 0) is 10.2 Å². The van der Waals surface area contributed by atoms with E-state index in [-0.39, 0.29) is 0 Å². The predicted molar refractivity (Wildman–Crippen MR) is 56.6 cm³/mol. The van der Waals surface area contributed by atoms with E-state index in [1.54, 1.807) is 18.2 Å². The fourth-order valence-corrected chi connectivity index (χ4v) is 2.07. The van der Waals surface area contributed by atoms with E-state index in [4.69, 9.17) is 21.4 Å². The fraction of sp³-hybridized carbons (Fsp3) is 0.364. The van der Waals surface area contributed by atoms with Crippen molar-refractivity contribution in [2.24, 2.45) is 0 Å². The van der Waals surface area contributed by atoms with E-state index in [1.165, 1.54) is 7.11 Å². The van der Waals surface area contributed by atoms with Gasteiger partial charge in [0.25, 0.3) is 0 Å². The molecule has 4 heteroatoms. The molecule has 0 radical (unpaired) electrons. The molecule has 0 unspecified atom stereocenters. The van der Waals surface area contributed by atoms with E-state index >= 15 is 0 Å². The Kier molecular flexibility index (Phi) is 2.35. The highest BCUT2D eigenvalue weighted by atomic mass is 35.5. The summed E-state index contributed by atoms with van der Waals surface area (Å²) in [5, 5.41) is 9.63. The number of carbonyl (C=O) groups is 1. The number of carboxylic acid groups (broad SMARTS) is 1. The number of hydrogen-bond acceptors (Lipinski definition) is 2. The van der Waals surface area contributed by atoms with Gasteiger partial charge in [0.05, 0.1) is 17.5 Å². The summed E-state index contributed by atoms with van der Waals surface area (Å²) in [6, 6.07) is 5.22. The normalized spacial score (nSPS) is 17.2. The van der Waals surface area contributed by atoms with Crippen LogP contribution in [0.4, 0.5) is 0 Å². The molecule has 0 aliphatic heterocycles. The van der Waals surface area contributed by atoms with Crippen LogP contribution in [0.15, 0.2) is 18.2 Å². The second-order valence-electron chi connectivity index (χ2n) is 3.71. The second-order valence-corrected chi connectivity index (χ2v) is 4.12. The lowest BCUT2D eigenvalue weighted by Gasteiger charge is -2.15. The summed E-state index contributed by atoms with van der Waals surface area (Å²) in [5.41, 5.74) is -0.0824. The first-order valence-corrected chi connectivity index (χ1v) is 5.06. The molecule has 1 aliphatic rings. The van der Waals surface area contributed by atoms with Gasteiger partial charge >= 0.3 is 5.97 Å². The monoisotopic (exact) mass is 226 g/mol. The van der Waals surface area contributed by atoms with Gasteiger partial charge in [0, 0.05) is 5.56 Å². The van der Waals surface area contributed by atoms with Crippen molar-refractivity contribution in [3.63, 3.8) is 0 Å². The summed E-state index contributed by atoms with van der Waals surface area (Å²) in [7, 11) is 1.50. The van der Waals surface area contributed by atoms with Gasteiger partial charge in [-0.1, -0.05) is 23.7 Å². The molecule has 0 aromatic heterocycles. The Morgan fingerprint density at radius 2 is 2.20 bits per heavy atom. The molecule has 0 bridgehead atoms. The molecular formula is C11H11ClO3. The van der Waals surface area contributed by atoms with Gasteiger partial charge in [0.15, 0.2) is 0 Å². The minimum atomic E-state index is -0.803. The van der Waals surface area contributed by atoms with Crippen molar-refractivity contribution in [1.29, 1.82) is 0 Å². The summed E-state index contributed by atoms with van der Waals surface area (Å²) in [5.74, 6) is -0.317. The van der Waals surface area contributed by atoms with Crippen LogP contribution in [-0.4, -0.2) is 18.2 Å². The lowest BCUT2D eigenvalue weighted by atomic mass is 9.95. The smallest absolute Gasteiger partial charge is 0.314 e. The zero-order valence-electron chi connectivity index (χ0n) is 8.29. The maximum Gasteiger partial charge on any atom is 0.314 e. The van der Waals surface area contributed by atoms with Crippen LogP contribution >= 0.6 is 11.6 Å². The standard InChI is InChI=1S/C11H11ClO3/c1-15-9-7(3-2-4-8(9)12)11(5-6-11)10(13)14/h2-4H,5-6H2,1H3,(H,13,14). The van der Waals surface area contributed by atoms with E-state index in [2.05, 4.69) is 0 Å². The number of benzene rings is 1. The van der Waals surface area contributed by atoms with E-state index in [9.17, 15) is 4.79 Å². The van der Waals surface area contributed by atoms with Crippen LogP contribution in [0.5, 0.6) is 5.75 Å². The maximum absolute atomic E-state index is 11.2. The number of halogens is 1. The Morgan fingerprint density at radius 1 is 1.53 bits per heavy atom. The van der Waals surface area contributed by atoms with Gasteiger partial charge in [-0.25, -0.2) is 0 Å². The molecule has 1 N–H and O–H groups in total. The molecular weight excluding hydrogens is 216 g/mol. The summed E-state index contributed by atoms with van der Waals surface area (Å²) >= 11 is 5.95. The molecule has 1 aromatic rings. The Bertz CT molecular complexity index is 410. The molecule has 0 saturated heterocycles. The first-order valence-electron chi connectivity index (χ1n) is 4.68. The van der Waals surface area contributed by atoms with E-state index < -0.39 is 11.4 Å². The van der Waals surface area contributed by atoms with Gasteiger partial charge < -0.3 is 9.84 Å². The highest BCUT2D eigenvalue weighted by Crippen LogP contribution is 2.52. The number of hydrogen-bond donors (Lipinski definition) is 1. The van der Waals surface area contributed by atoms with Crippen LogP contribution in [0, 0.1) is 0 Å². The summed E-state index contributed by atoms with van der Waals surface area (Å²) in [4.78, 5) is 11.2. The van der Waals surface area contributed by atoms with Crippen LogP contribution in [0.2, 0.25) is 5.02 Å². The van der Waals surface area contributed by atoms with E-state index in [0.717, 1.165) is 0 Å². The third-order valence-corrected chi connectivity index (χ3v) is 3.14. The topological polar surface area (TPSA) is 46.5 Å². The molecule has 1 saturated carbocycles. The van der Waals surface area contributed by atoms with Crippen LogP contribution in [0.1, 0.15) is 18.4 Å². The molecule has 0 heterocycles. The van der Waals surface area contributed by atoms with Crippen molar-refractivity contribution < 1.29 is 14.6 Å². The largest absolute Gasteiger partial charge is 0.495 e. The summed E-state index contributed by atoms with van der Waals surface area (Å²) in [6.45, 7) is 0. The quantitative estimate of drug-likeness (QED) is 0.861. The van der Waals surface area contributed by atoms with Crippen molar-refractivity contribution in [3.8, 4) is 5.75 Å². The average Bonchev–Trinajstić information content (AvgIpc) is 2.98. The number of aliphatic carboxylic acids is 1. The van der Waals surface area contributed by atoms with Crippen molar-refractivity contribution in [2.75, 3.05) is 7.11 Å². The molecule has 80 valence electrons. The van der Waals surface area contributed by atoms with Gasteiger partial charge in [0.1, 0.15) is 5.75 Å². The van der Waals surface area contributed by atoms with Gasteiger partial charge in [-0.05, 0) is 18.9 Å². The van der Waals surface area contributed by atoms with Crippen LogP contribution < -0.4 is 4.74 Å². The molecule has 1 aromatic carbocycles. The average molecular weight is 227 g/mol. The summed E-state index contributed by atoms with van der Waals surface area (Å²) in [6.07, 6.45) is 1.30. The van der Waals surface area contributed by atoms with E-state index in [0.29, 0.717) is 29.2 Å².